The predicted molar refractivity (Wildman–Crippen MR) is 54.9 cm³/mol. The molecule has 0 nitrogen and oxygen atoms in total. The van der Waals surface area contributed by atoms with Gasteiger partial charge >= 0.3 is 0 Å². The first kappa shape index (κ1) is 8.46. The van der Waals surface area contributed by atoms with Gasteiger partial charge in [0.1, 0.15) is 0 Å². The molecule has 1 fully saturated rings. The topological polar surface area (TPSA) is 0 Å². The molecule has 0 heterocycles. The Hall–Kier alpha value is -0.140. The van der Waals surface area contributed by atoms with Gasteiger partial charge in [-0.3, -0.25) is 0 Å². The van der Waals surface area contributed by atoms with Crippen LogP contribution in [-0.4, -0.2) is 5.25 Å². The van der Waals surface area contributed by atoms with E-state index in [1.807, 2.05) is 30.0 Å². The number of thioether (sulfide) groups is 1. The maximum atomic E-state index is 5.88. The molecule has 12 heavy (non-hydrogen) atoms. The van der Waals surface area contributed by atoms with Crippen molar-refractivity contribution in [2.75, 3.05) is 0 Å². The summed E-state index contributed by atoms with van der Waals surface area (Å²) in [4.78, 5) is 1.31. The highest BCUT2D eigenvalue weighted by Gasteiger charge is 2.18. The van der Waals surface area contributed by atoms with Crippen molar-refractivity contribution in [3.05, 3.63) is 29.3 Å². The van der Waals surface area contributed by atoms with Crippen LogP contribution in [0.4, 0.5) is 0 Å². The Balaban J connectivity index is 2.02. The highest BCUT2D eigenvalue weighted by Crippen LogP contribution is 2.36. The Morgan fingerprint density at radius 3 is 2.75 bits per heavy atom. The van der Waals surface area contributed by atoms with Gasteiger partial charge in [0.05, 0.1) is 0 Å². The minimum Gasteiger partial charge on any atom is -0.123 e. The average Bonchev–Trinajstić information content (AvgIpc) is 1.97. The lowest BCUT2D eigenvalue weighted by molar-refractivity contribution is 0.522. The van der Waals surface area contributed by atoms with Crippen molar-refractivity contribution in [1.82, 2.24) is 0 Å². The van der Waals surface area contributed by atoms with E-state index in [-0.39, 0.29) is 0 Å². The molecule has 0 atom stereocenters. The van der Waals surface area contributed by atoms with Gasteiger partial charge in [-0.25, -0.2) is 0 Å². The summed E-state index contributed by atoms with van der Waals surface area (Å²) < 4.78 is 0. The van der Waals surface area contributed by atoms with Gasteiger partial charge in [0, 0.05) is 15.2 Å². The molecule has 2 heteroatoms. The van der Waals surface area contributed by atoms with Crippen molar-refractivity contribution >= 4 is 23.4 Å². The molecule has 0 radical (unpaired) electrons. The number of hydrogen-bond acceptors (Lipinski definition) is 1. The van der Waals surface area contributed by atoms with Crippen molar-refractivity contribution in [1.29, 1.82) is 0 Å². The van der Waals surface area contributed by atoms with Gasteiger partial charge < -0.3 is 0 Å². The fourth-order valence-corrected chi connectivity index (χ4v) is 2.78. The van der Waals surface area contributed by atoms with Crippen LogP contribution in [0.5, 0.6) is 0 Å². The van der Waals surface area contributed by atoms with Gasteiger partial charge in [0.25, 0.3) is 0 Å². The summed E-state index contributed by atoms with van der Waals surface area (Å²) in [5, 5.41) is 1.70. The molecule has 0 unspecified atom stereocenters. The molecular weight excluding hydrogens is 188 g/mol. The monoisotopic (exact) mass is 198 g/mol. The van der Waals surface area contributed by atoms with Crippen LogP contribution < -0.4 is 0 Å². The molecule has 1 aliphatic rings. The van der Waals surface area contributed by atoms with Crippen molar-refractivity contribution in [2.45, 2.75) is 29.4 Å². The second kappa shape index (κ2) is 3.71. The van der Waals surface area contributed by atoms with E-state index in [9.17, 15) is 0 Å². The number of halogens is 1. The van der Waals surface area contributed by atoms with Gasteiger partial charge in [0.2, 0.25) is 0 Å². The van der Waals surface area contributed by atoms with E-state index in [2.05, 4.69) is 6.07 Å². The average molecular weight is 199 g/mol. The Labute approximate surface area is 82.3 Å². The smallest absolute Gasteiger partial charge is 0.0417 e. The fourth-order valence-electron chi connectivity index (χ4n) is 1.22. The molecule has 0 N–H and O–H groups in total. The van der Waals surface area contributed by atoms with Crippen LogP contribution in [0, 0.1) is 0 Å². The van der Waals surface area contributed by atoms with Gasteiger partial charge in [-0.15, -0.1) is 11.8 Å². The quantitative estimate of drug-likeness (QED) is 0.693. The second-order valence-electron chi connectivity index (χ2n) is 3.13. The number of hydrogen-bond donors (Lipinski definition) is 0. The molecular formula is C10H11ClS. The van der Waals surface area contributed by atoms with Gasteiger partial charge in [-0.1, -0.05) is 24.1 Å². The van der Waals surface area contributed by atoms with Gasteiger partial charge in [-0.05, 0) is 31.0 Å². The summed E-state index contributed by atoms with van der Waals surface area (Å²) in [6.45, 7) is 0. The minimum absolute atomic E-state index is 0.847. The molecule has 2 rings (SSSR count). The Kier molecular flexibility index (Phi) is 2.62. The molecule has 1 aliphatic carbocycles. The Morgan fingerprint density at radius 2 is 2.17 bits per heavy atom. The van der Waals surface area contributed by atoms with E-state index in [1.165, 1.54) is 24.2 Å². The summed E-state index contributed by atoms with van der Waals surface area (Å²) in [6.07, 6.45) is 4.15. The third-order valence-electron chi connectivity index (χ3n) is 2.15. The molecule has 0 spiro atoms. The molecule has 0 saturated heterocycles. The molecule has 0 bridgehead atoms. The lowest BCUT2D eigenvalue weighted by atomic mass is 10.0. The normalized spacial score (nSPS) is 17.4. The third kappa shape index (κ3) is 1.96. The first-order valence-electron chi connectivity index (χ1n) is 4.27. The maximum Gasteiger partial charge on any atom is 0.0417 e. The van der Waals surface area contributed by atoms with Crippen LogP contribution in [-0.2, 0) is 0 Å². The van der Waals surface area contributed by atoms with E-state index in [0.29, 0.717) is 0 Å². The number of benzene rings is 1. The van der Waals surface area contributed by atoms with Crippen LogP contribution in [0.3, 0.4) is 0 Å². The van der Waals surface area contributed by atoms with Crippen molar-refractivity contribution in [2.24, 2.45) is 0 Å². The predicted octanol–water partition coefficient (Wildman–Crippen LogP) is 3.98. The molecule has 0 aromatic heterocycles. The summed E-state index contributed by atoms with van der Waals surface area (Å²) in [6, 6.07) is 8.12. The van der Waals surface area contributed by atoms with Crippen LogP contribution in [0.2, 0.25) is 5.02 Å². The molecule has 0 aliphatic heterocycles. The molecule has 0 amide bonds. The second-order valence-corrected chi connectivity index (χ2v) is 4.94. The molecule has 64 valence electrons. The van der Waals surface area contributed by atoms with Crippen molar-refractivity contribution in [3.63, 3.8) is 0 Å². The SMILES string of the molecule is Clc1cccc(SC2CCC2)c1. The highest BCUT2D eigenvalue weighted by atomic mass is 35.5. The molecule has 1 saturated carbocycles. The largest absolute Gasteiger partial charge is 0.123 e. The van der Waals surface area contributed by atoms with Crippen molar-refractivity contribution in [3.8, 4) is 0 Å². The lowest BCUT2D eigenvalue weighted by Crippen LogP contribution is -2.12. The summed E-state index contributed by atoms with van der Waals surface area (Å²) in [5.74, 6) is 0. The first-order chi connectivity index (χ1) is 5.84. The van der Waals surface area contributed by atoms with Gasteiger partial charge in [0.15, 0.2) is 0 Å². The van der Waals surface area contributed by atoms with Crippen LogP contribution in [0.25, 0.3) is 0 Å². The maximum absolute atomic E-state index is 5.88. The summed E-state index contributed by atoms with van der Waals surface area (Å²) in [5.41, 5.74) is 0. The standard InChI is InChI=1S/C10H11ClS/c11-8-3-1-6-10(7-8)12-9-4-2-5-9/h1,3,6-7,9H,2,4-5H2. The first-order valence-corrected chi connectivity index (χ1v) is 5.52. The zero-order valence-electron chi connectivity index (χ0n) is 6.79. The van der Waals surface area contributed by atoms with E-state index in [4.69, 9.17) is 11.6 Å². The van der Waals surface area contributed by atoms with Crippen LogP contribution in [0.15, 0.2) is 29.2 Å². The van der Waals surface area contributed by atoms with E-state index >= 15 is 0 Å². The lowest BCUT2D eigenvalue weighted by Gasteiger charge is -2.24. The molecule has 1 aromatic carbocycles. The van der Waals surface area contributed by atoms with Crippen LogP contribution in [0.1, 0.15) is 19.3 Å². The van der Waals surface area contributed by atoms with E-state index in [1.54, 1.807) is 0 Å². The third-order valence-corrected chi connectivity index (χ3v) is 3.72. The van der Waals surface area contributed by atoms with E-state index < -0.39 is 0 Å². The highest BCUT2D eigenvalue weighted by molar-refractivity contribution is 8.00. The zero-order valence-corrected chi connectivity index (χ0v) is 8.37. The summed E-state index contributed by atoms with van der Waals surface area (Å²) >= 11 is 7.84. The Bertz CT molecular complexity index is 268. The van der Waals surface area contributed by atoms with Gasteiger partial charge in [-0.2, -0.15) is 0 Å². The van der Waals surface area contributed by atoms with Crippen molar-refractivity contribution < 1.29 is 0 Å². The number of rotatable bonds is 2. The van der Waals surface area contributed by atoms with E-state index in [0.717, 1.165) is 10.3 Å². The zero-order chi connectivity index (χ0) is 8.39. The summed E-state index contributed by atoms with van der Waals surface area (Å²) in [7, 11) is 0. The Morgan fingerprint density at radius 1 is 1.33 bits per heavy atom. The minimum atomic E-state index is 0.847. The molecule has 1 aromatic rings. The van der Waals surface area contributed by atoms with Crippen LogP contribution >= 0.6 is 23.4 Å². The fraction of sp³-hybridized carbons (Fsp3) is 0.400.